The van der Waals surface area contributed by atoms with Crippen molar-refractivity contribution in [2.45, 2.75) is 6.92 Å². The van der Waals surface area contributed by atoms with Crippen molar-refractivity contribution < 1.29 is 0 Å². The Hall–Kier alpha value is -1.84. The van der Waals surface area contributed by atoms with Crippen LogP contribution in [0.5, 0.6) is 0 Å². The molecule has 2 rings (SSSR count). The predicted octanol–water partition coefficient (Wildman–Crippen LogP) is 1.70. The lowest BCUT2D eigenvalue weighted by Crippen LogP contribution is -1.98. The number of aromatic nitrogens is 3. The summed E-state index contributed by atoms with van der Waals surface area (Å²) in [6.07, 6.45) is 3.21. The summed E-state index contributed by atoms with van der Waals surface area (Å²) >= 11 is 0. The molecule has 0 radical (unpaired) electrons. The molecular weight excluding hydrogens is 176 g/mol. The third kappa shape index (κ3) is 1.74. The fourth-order valence-electron chi connectivity index (χ4n) is 1.28. The molecule has 0 atom stereocenters. The van der Waals surface area contributed by atoms with Gasteiger partial charge in [0, 0.05) is 12.2 Å². The van der Waals surface area contributed by atoms with Gasteiger partial charge in [-0.1, -0.05) is 0 Å². The first kappa shape index (κ1) is 8.74. The molecule has 0 aliphatic heterocycles. The molecule has 0 spiro atoms. The molecular formula is C10H12N4. The van der Waals surface area contributed by atoms with Crippen LogP contribution in [-0.4, -0.2) is 21.3 Å². The highest BCUT2D eigenvalue weighted by Gasteiger charge is 1.95. The second kappa shape index (κ2) is 3.91. The Morgan fingerprint density at radius 1 is 1.29 bits per heavy atom. The smallest absolute Gasteiger partial charge is 0.138 e. The first-order valence-corrected chi connectivity index (χ1v) is 4.59. The Labute approximate surface area is 82.6 Å². The molecule has 0 bridgehead atoms. The van der Waals surface area contributed by atoms with Gasteiger partial charge in [-0.2, -0.15) is 5.10 Å². The maximum absolute atomic E-state index is 4.05. The molecule has 0 unspecified atom stereocenters. The zero-order valence-corrected chi connectivity index (χ0v) is 8.01. The van der Waals surface area contributed by atoms with E-state index in [9.17, 15) is 0 Å². The highest BCUT2D eigenvalue weighted by molar-refractivity contribution is 5.48. The summed E-state index contributed by atoms with van der Waals surface area (Å²) in [4.78, 5) is 3.89. The average Bonchev–Trinajstić information content (AvgIpc) is 2.72. The van der Waals surface area contributed by atoms with Crippen LogP contribution in [0.25, 0.3) is 5.69 Å². The maximum Gasteiger partial charge on any atom is 0.138 e. The molecule has 1 aromatic heterocycles. The molecule has 14 heavy (non-hydrogen) atoms. The lowest BCUT2D eigenvalue weighted by atomic mass is 10.3. The summed E-state index contributed by atoms with van der Waals surface area (Å²) in [5.74, 6) is 0. The van der Waals surface area contributed by atoms with Crippen molar-refractivity contribution in [2.24, 2.45) is 0 Å². The van der Waals surface area contributed by atoms with Gasteiger partial charge in [0.05, 0.1) is 5.69 Å². The molecule has 0 aliphatic carbocycles. The van der Waals surface area contributed by atoms with Crippen LogP contribution in [0.15, 0.2) is 36.9 Å². The van der Waals surface area contributed by atoms with E-state index >= 15 is 0 Å². The lowest BCUT2D eigenvalue weighted by Gasteiger charge is -2.04. The van der Waals surface area contributed by atoms with Gasteiger partial charge in [0.15, 0.2) is 0 Å². The third-order valence-corrected chi connectivity index (χ3v) is 1.93. The van der Waals surface area contributed by atoms with E-state index in [2.05, 4.69) is 22.3 Å². The number of nitrogens with one attached hydrogen (secondary N) is 1. The molecule has 0 amide bonds. The highest BCUT2D eigenvalue weighted by atomic mass is 15.3. The van der Waals surface area contributed by atoms with Gasteiger partial charge in [-0.05, 0) is 31.2 Å². The van der Waals surface area contributed by atoms with Crippen molar-refractivity contribution >= 4 is 5.69 Å². The molecule has 0 saturated heterocycles. The zero-order chi connectivity index (χ0) is 9.80. The van der Waals surface area contributed by atoms with Gasteiger partial charge in [0.2, 0.25) is 0 Å². The Balaban J connectivity index is 2.22. The van der Waals surface area contributed by atoms with Crippen molar-refractivity contribution in [1.29, 1.82) is 0 Å². The first-order valence-electron chi connectivity index (χ1n) is 4.59. The van der Waals surface area contributed by atoms with Crippen molar-refractivity contribution in [3.8, 4) is 5.69 Å². The van der Waals surface area contributed by atoms with Crippen LogP contribution < -0.4 is 5.32 Å². The van der Waals surface area contributed by atoms with Crippen molar-refractivity contribution in [2.75, 3.05) is 11.9 Å². The van der Waals surface area contributed by atoms with E-state index in [1.54, 1.807) is 11.0 Å². The summed E-state index contributed by atoms with van der Waals surface area (Å²) in [6, 6.07) is 8.07. The number of rotatable bonds is 3. The number of hydrogen-bond acceptors (Lipinski definition) is 3. The fourth-order valence-corrected chi connectivity index (χ4v) is 1.28. The average molecular weight is 188 g/mol. The second-order valence-corrected chi connectivity index (χ2v) is 2.92. The topological polar surface area (TPSA) is 42.7 Å². The molecule has 1 N–H and O–H groups in total. The van der Waals surface area contributed by atoms with E-state index in [0.717, 1.165) is 17.9 Å². The monoisotopic (exact) mass is 188 g/mol. The van der Waals surface area contributed by atoms with Crippen LogP contribution in [0.4, 0.5) is 5.69 Å². The molecule has 0 aliphatic rings. The minimum absolute atomic E-state index is 0.933. The number of nitrogens with zero attached hydrogens (tertiary/aromatic N) is 3. The summed E-state index contributed by atoms with van der Waals surface area (Å²) in [6.45, 7) is 3.01. The summed E-state index contributed by atoms with van der Waals surface area (Å²) in [5, 5.41) is 7.28. The Bertz CT molecular complexity index is 377. The van der Waals surface area contributed by atoms with Gasteiger partial charge in [-0.3, -0.25) is 0 Å². The fraction of sp³-hybridized carbons (Fsp3) is 0.200. The van der Waals surface area contributed by atoms with Crippen LogP contribution in [0.2, 0.25) is 0 Å². The molecule has 4 nitrogen and oxygen atoms in total. The Kier molecular flexibility index (Phi) is 2.44. The van der Waals surface area contributed by atoms with Gasteiger partial charge in [0.25, 0.3) is 0 Å². The van der Waals surface area contributed by atoms with Crippen LogP contribution in [-0.2, 0) is 0 Å². The minimum Gasteiger partial charge on any atom is -0.385 e. The molecule has 4 heteroatoms. The molecule has 0 fully saturated rings. The molecule has 72 valence electrons. The van der Waals surface area contributed by atoms with Crippen LogP contribution in [0.3, 0.4) is 0 Å². The summed E-state index contributed by atoms with van der Waals surface area (Å²) < 4.78 is 1.73. The quantitative estimate of drug-likeness (QED) is 0.797. The molecule has 0 saturated carbocycles. The van der Waals surface area contributed by atoms with E-state index in [-0.39, 0.29) is 0 Å². The van der Waals surface area contributed by atoms with E-state index in [1.807, 2.05) is 24.3 Å². The number of benzene rings is 1. The second-order valence-electron chi connectivity index (χ2n) is 2.92. The van der Waals surface area contributed by atoms with Gasteiger partial charge in [-0.15, -0.1) is 0 Å². The van der Waals surface area contributed by atoms with Gasteiger partial charge < -0.3 is 5.32 Å². The Morgan fingerprint density at radius 3 is 2.64 bits per heavy atom. The van der Waals surface area contributed by atoms with E-state index in [4.69, 9.17) is 0 Å². The standard InChI is InChI=1S/C10H12N4/c1-2-12-9-3-5-10(6-4-9)14-8-11-7-13-14/h3-8,12H,2H2,1H3. The third-order valence-electron chi connectivity index (χ3n) is 1.93. The zero-order valence-electron chi connectivity index (χ0n) is 8.01. The van der Waals surface area contributed by atoms with Crippen LogP contribution >= 0.6 is 0 Å². The molecule has 2 aromatic rings. The normalized spacial score (nSPS) is 10.1. The number of anilines is 1. The van der Waals surface area contributed by atoms with E-state index in [0.29, 0.717) is 0 Å². The minimum atomic E-state index is 0.933. The van der Waals surface area contributed by atoms with Crippen molar-refractivity contribution in [3.63, 3.8) is 0 Å². The highest BCUT2D eigenvalue weighted by Crippen LogP contribution is 2.11. The largest absolute Gasteiger partial charge is 0.385 e. The summed E-state index contributed by atoms with van der Waals surface area (Å²) in [7, 11) is 0. The van der Waals surface area contributed by atoms with Crippen LogP contribution in [0.1, 0.15) is 6.92 Å². The van der Waals surface area contributed by atoms with E-state index in [1.165, 1.54) is 6.33 Å². The SMILES string of the molecule is CCNc1ccc(-n2cncn2)cc1. The van der Waals surface area contributed by atoms with E-state index < -0.39 is 0 Å². The van der Waals surface area contributed by atoms with Gasteiger partial charge >= 0.3 is 0 Å². The van der Waals surface area contributed by atoms with Gasteiger partial charge in [0.1, 0.15) is 12.7 Å². The van der Waals surface area contributed by atoms with Crippen molar-refractivity contribution in [1.82, 2.24) is 14.8 Å². The summed E-state index contributed by atoms with van der Waals surface area (Å²) in [5.41, 5.74) is 2.14. The Morgan fingerprint density at radius 2 is 2.07 bits per heavy atom. The molecule has 1 heterocycles. The number of hydrogen-bond donors (Lipinski definition) is 1. The van der Waals surface area contributed by atoms with Crippen LogP contribution in [0, 0.1) is 0 Å². The lowest BCUT2D eigenvalue weighted by molar-refractivity contribution is 0.879. The van der Waals surface area contributed by atoms with Crippen molar-refractivity contribution in [3.05, 3.63) is 36.9 Å². The molecule has 1 aromatic carbocycles. The first-order chi connectivity index (χ1) is 6.90. The maximum atomic E-state index is 4.05. The predicted molar refractivity (Wildman–Crippen MR) is 55.5 cm³/mol. The van der Waals surface area contributed by atoms with Gasteiger partial charge in [-0.25, -0.2) is 9.67 Å².